The Morgan fingerprint density at radius 1 is 0.537 bits per heavy atom. The quantitative estimate of drug-likeness (QED) is 0.0173. The summed E-state index contributed by atoms with van der Waals surface area (Å²) in [6.45, 7) is 3.86. The van der Waals surface area contributed by atoms with Crippen LogP contribution in [-0.4, -0.2) is 198 Å². The molecule has 2 aromatic rings. The number of likely N-dealkylation sites (tertiary alicyclic amines) is 2. The number of unbranched alkanes of at least 4 members (excludes halogenated alkanes) is 1. The lowest BCUT2D eigenvalue weighted by atomic mass is 10.0. The topological polar surface area (TPSA) is 519 Å². The molecule has 2 aliphatic heterocycles. The zero-order valence-electron chi connectivity index (χ0n) is 54.5. The Hall–Kier alpha value is -8.91. The molecule has 0 radical (unpaired) electrons. The third-order valence-corrected chi connectivity index (χ3v) is 16.7. The first-order valence-electron chi connectivity index (χ1n) is 32.2. The number of aliphatic imine (C=N–C) groups is 1. The van der Waals surface area contributed by atoms with Crippen molar-refractivity contribution in [2.75, 3.05) is 44.7 Å². The van der Waals surface area contributed by atoms with E-state index in [0.29, 0.717) is 55.4 Å². The number of rotatable bonds is 42. The molecule has 2 fully saturated rings. The molecule has 0 spiro atoms. The van der Waals surface area contributed by atoms with Gasteiger partial charge in [0.15, 0.2) is 5.96 Å². The van der Waals surface area contributed by atoms with Crippen LogP contribution in [0.2, 0.25) is 0 Å². The molecule has 22 N–H and O–H groups in total. The van der Waals surface area contributed by atoms with E-state index in [1.807, 2.05) is 20.1 Å². The number of guanidine groups is 1. The summed E-state index contributed by atoms with van der Waals surface area (Å²) in [7, 11) is 0. The van der Waals surface area contributed by atoms with Crippen LogP contribution >= 0.6 is 11.8 Å². The van der Waals surface area contributed by atoms with Crippen LogP contribution in [0.25, 0.3) is 0 Å². The fourth-order valence-corrected chi connectivity index (χ4v) is 11.5. The van der Waals surface area contributed by atoms with Crippen LogP contribution in [0.4, 0.5) is 0 Å². The van der Waals surface area contributed by atoms with Crippen molar-refractivity contribution >= 4 is 94.5 Å². The van der Waals surface area contributed by atoms with Gasteiger partial charge in [0, 0.05) is 45.3 Å². The first-order valence-corrected chi connectivity index (χ1v) is 33.6. The first kappa shape index (κ1) is 78.5. The minimum Gasteiger partial charge on any atom is -0.370 e. The second-order valence-corrected chi connectivity index (χ2v) is 25.1. The fourth-order valence-electron chi connectivity index (χ4n) is 11.0. The van der Waals surface area contributed by atoms with Crippen molar-refractivity contribution in [1.82, 2.24) is 52.3 Å². The average Bonchev–Trinajstić information content (AvgIpc) is 1.74. The zero-order chi connectivity index (χ0) is 70.1. The van der Waals surface area contributed by atoms with E-state index in [-0.39, 0.29) is 83.0 Å². The van der Waals surface area contributed by atoms with Gasteiger partial charge in [-0.3, -0.25) is 67.3 Å². The summed E-state index contributed by atoms with van der Waals surface area (Å²) in [6, 6.07) is 4.51. The minimum absolute atomic E-state index is 0.0736. The number of hydrogen-bond acceptors (Lipinski definition) is 17. The van der Waals surface area contributed by atoms with Crippen molar-refractivity contribution in [3.63, 3.8) is 0 Å². The van der Waals surface area contributed by atoms with Gasteiger partial charge in [0.2, 0.25) is 76.8 Å². The largest absolute Gasteiger partial charge is 0.370 e. The fraction of sp³-hybridized carbons (Fsp3) is 0.587. The number of primary amides is 3. The summed E-state index contributed by atoms with van der Waals surface area (Å²) in [5, 5.41) is 21.1. The molecule has 2 aromatic carbocycles. The Morgan fingerprint density at radius 3 is 1.51 bits per heavy atom. The molecule has 32 heteroatoms. The third kappa shape index (κ3) is 27.5. The van der Waals surface area contributed by atoms with E-state index < -0.39 is 169 Å². The highest BCUT2D eigenvalue weighted by Crippen LogP contribution is 2.24. The van der Waals surface area contributed by atoms with Crippen molar-refractivity contribution in [3.8, 4) is 0 Å². The zero-order valence-corrected chi connectivity index (χ0v) is 55.3. The van der Waals surface area contributed by atoms with Gasteiger partial charge in [-0.15, -0.1) is 0 Å². The summed E-state index contributed by atoms with van der Waals surface area (Å²) in [5.41, 5.74) is 40.6. The van der Waals surface area contributed by atoms with E-state index in [9.17, 15) is 62.3 Å². The van der Waals surface area contributed by atoms with Crippen molar-refractivity contribution in [2.45, 2.75) is 183 Å². The van der Waals surface area contributed by atoms with Crippen LogP contribution in [0.5, 0.6) is 0 Å². The number of nitrogens with zero attached hydrogens (tertiary/aromatic N) is 3. The number of carbonyl (C=O) groups is 13. The molecule has 4 rings (SSSR count). The smallest absolute Gasteiger partial charge is 0.245 e. The van der Waals surface area contributed by atoms with Crippen LogP contribution in [0.15, 0.2) is 65.7 Å². The molecule has 0 aliphatic carbocycles. The Morgan fingerprint density at radius 2 is 1.01 bits per heavy atom. The minimum atomic E-state index is -1.64. The van der Waals surface area contributed by atoms with Crippen LogP contribution in [0.1, 0.15) is 121 Å². The molecular formula is C63H98N18O13S. The van der Waals surface area contributed by atoms with E-state index in [0.717, 1.165) is 0 Å². The van der Waals surface area contributed by atoms with E-state index in [4.69, 9.17) is 40.1 Å². The van der Waals surface area contributed by atoms with E-state index >= 15 is 0 Å². The second-order valence-electron chi connectivity index (χ2n) is 24.1. The molecule has 524 valence electrons. The molecule has 0 saturated carbocycles. The molecule has 2 aliphatic rings. The predicted molar refractivity (Wildman–Crippen MR) is 356 cm³/mol. The molecule has 95 heavy (non-hydrogen) atoms. The molecular weight excluding hydrogens is 1250 g/mol. The van der Waals surface area contributed by atoms with Gasteiger partial charge in [-0.25, -0.2) is 0 Å². The number of amides is 13. The van der Waals surface area contributed by atoms with E-state index in [1.165, 1.54) is 21.6 Å². The highest BCUT2D eigenvalue weighted by molar-refractivity contribution is 7.98. The van der Waals surface area contributed by atoms with Gasteiger partial charge in [-0.2, -0.15) is 11.8 Å². The summed E-state index contributed by atoms with van der Waals surface area (Å²) in [4.78, 5) is 185. The first-order chi connectivity index (χ1) is 45.2. The van der Waals surface area contributed by atoms with Crippen LogP contribution in [0, 0.1) is 5.92 Å². The molecule has 31 nitrogen and oxygen atoms in total. The van der Waals surface area contributed by atoms with Gasteiger partial charge in [0.25, 0.3) is 0 Å². The summed E-state index contributed by atoms with van der Waals surface area (Å²) in [6.07, 6.45) is 3.12. The maximum atomic E-state index is 14.7. The highest BCUT2D eigenvalue weighted by Gasteiger charge is 2.42. The van der Waals surface area contributed by atoms with E-state index in [1.54, 1.807) is 60.7 Å². The second kappa shape index (κ2) is 41.0. The normalized spacial score (nSPS) is 16.8. The summed E-state index contributed by atoms with van der Waals surface area (Å²) >= 11 is 1.45. The van der Waals surface area contributed by atoms with Crippen molar-refractivity contribution in [3.05, 3.63) is 71.8 Å². The van der Waals surface area contributed by atoms with Crippen molar-refractivity contribution in [2.24, 2.45) is 51.0 Å². The Balaban J connectivity index is 1.56. The Labute approximate surface area is 558 Å². The lowest BCUT2D eigenvalue weighted by Crippen LogP contribution is -2.60. The third-order valence-electron chi connectivity index (χ3n) is 16.0. The van der Waals surface area contributed by atoms with Gasteiger partial charge in [-0.05, 0) is 119 Å². The standard InChI is InChI=1S/C63H98N18O13S/c1-37(2)33-45(57(89)74-41(53(68)85)27-32-95-3)73-52(84)36-72-54(86)46(34-38-15-6-4-7-16-38)78-58(90)47(35-39-17-8-5-9-18-39)79-56(88)42(23-25-50(66)82)75-55(87)43(24-26-51(67)83)76-59(91)49-22-14-31-81(49)62(94)44(20-10-11-28-64)77-60(92)48-21-13-30-80(48)61(93)40(65)19-12-29-71-63(69)70/h4-9,15-18,37,40-49H,10-14,19-36,64-65H2,1-3H3,(H2,66,82)(H2,67,83)(H2,68,85)(H,72,86)(H,73,84)(H,74,89)(H,75,87)(H,76,91)(H,77,92)(H,78,90)(H,79,88)(H4,69,70,71)/t40-,41+,42-,43+,44-,45-,46+,47-,48-,49+/m1/s1. The molecule has 2 heterocycles. The van der Waals surface area contributed by atoms with E-state index in [2.05, 4.69) is 47.5 Å². The molecule has 0 bridgehead atoms. The van der Waals surface area contributed by atoms with Gasteiger partial charge < -0.3 is 92.5 Å². The molecule has 2 saturated heterocycles. The molecule has 13 amide bonds. The number of thioether (sulfide) groups is 1. The van der Waals surface area contributed by atoms with Crippen LogP contribution in [0.3, 0.4) is 0 Å². The van der Waals surface area contributed by atoms with Gasteiger partial charge in [0.05, 0.1) is 12.6 Å². The summed E-state index contributed by atoms with van der Waals surface area (Å²) in [5.74, 6) is -9.80. The number of nitrogens with two attached hydrogens (primary N) is 7. The van der Waals surface area contributed by atoms with Gasteiger partial charge in [0.1, 0.15) is 54.4 Å². The predicted octanol–water partition coefficient (Wildman–Crippen LogP) is -3.71. The van der Waals surface area contributed by atoms with Crippen molar-refractivity contribution < 1.29 is 62.3 Å². The number of hydrogen-bond donors (Lipinski definition) is 15. The number of benzene rings is 2. The lowest BCUT2D eigenvalue weighted by molar-refractivity contribution is -0.144. The molecule has 0 unspecified atom stereocenters. The Kier molecular flexibility index (Phi) is 33.9. The van der Waals surface area contributed by atoms with Crippen LogP contribution in [-0.2, 0) is 75.2 Å². The van der Waals surface area contributed by atoms with Crippen LogP contribution < -0.4 is 82.7 Å². The highest BCUT2D eigenvalue weighted by atomic mass is 32.2. The maximum absolute atomic E-state index is 14.7. The summed E-state index contributed by atoms with van der Waals surface area (Å²) < 4.78 is 0. The number of nitrogens with one attached hydrogen (secondary N) is 8. The lowest BCUT2D eigenvalue weighted by Gasteiger charge is -2.32. The number of carbonyl (C=O) groups excluding carboxylic acids is 13. The van der Waals surface area contributed by atoms with Gasteiger partial charge >= 0.3 is 0 Å². The Bertz CT molecular complexity index is 2960. The maximum Gasteiger partial charge on any atom is 0.245 e. The monoisotopic (exact) mass is 1350 g/mol. The van der Waals surface area contributed by atoms with Gasteiger partial charge in [-0.1, -0.05) is 74.5 Å². The SMILES string of the molecule is CSCC[C@H](NC(=O)[C@@H](CC(C)C)NC(=O)CNC(=O)[C@H](Cc1ccccc1)NC(=O)[C@@H](Cc1ccccc1)NC(=O)[C@@H](CCC(N)=O)NC(=O)[C@H](CCC(N)=O)NC(=O)[C@@H]1CCCN1C(=O)[C@@H](CCCCN)NC(=O)[C@H]1CCCN1C(=O)[C@H](N)CCCN=C(N)N)C(N)=O. The average molecular weight is 1350 g/mol. The molecule has 0 aromatic heterocycles. The van der Waals surface area contributed by atoms with Crippen molar-refractivity contribution in [1.29, 1.82) is 0 Å². The molecule has 10 atom stereocenters.